The summed E-state index contributed by atoms with van der Waals surface area (Å²) in [6.07, 6.45) is 1.80. The first-order valence-electron chi connectivity index (χ1n) is 7.02. The largest absolute Gasteiger partial charge is 0.379 e. The Morgan fingerprint density at radius 3 is 2.86 bits per heavy atom. The van der Waals surface area contributed by atoms with Crippen LogP contribution in [0.3, 0.4) is 0 Å². The zero-order chi connectivity index (χ0) is 14.7. The van der Waals surface area contributed by atoms with Gasteiger partial charge in [0.05, 0.1) is 18.1 Å². The second-order valence-electron chi connectivity index (χ2n) is 5.08. The number of morpholine rings is 1. The summed E-state index contributed by atoms with van der Waals surface area (Å²) in [5.41, 5.74) is 0.825. The van der Waals surface area contributed by atoms with Gasteiger partial charge in [-0.3, -0.25) is 4.90 Å². The summed E-state index contributed by atoms with van der Waals surface area (Å²) in [5, 5.41) is 1.00. The fraction of sp³-hybridized carbons (Fsp3) is 0.429. The van der Waals surface area contributed by atoms with Crippen LogP contribution >= 0.6 is 0 Å². The SMILES string of the molecule is O=S(=O)(NCCN1CCOCC1)c1ccc2cc[nH]c2c1. The maximum absolute atomic E-state index is 12.3. The lowest BCUT2D eigenvalue weighted by atomic mass is 10.2. The lowest BCUT2D eigenvalue weighted by molar-refractivity contribution is 0.0390. The Balaban J connectivity index is 1.62. The van der Waals surface area contributed by atoms with Gasteiger partial charge in [0.25, 0.3) is 0 Å². The van der Waals surface area contributed by atoms with Gasteiger partial charge in [-0.25, -0.2) is 13.1 Å². The summed E-state index contributed by atoms with van der Waals surface area (Å²) < 4.78 is 32.5. The number of fused-ring (bicyclic) bond motifs is 1. The van der Waals surface area contributed by atoms with Crippen molar-refractivity contribution in [1.82, 2.24) is 14.6 Å². The molecule has 1 aliphatic heterocycles. The zero-order valence-electron chi connectivity index (χ0n) is 11.7. The van der Waals surface area contributed by atoms with Crippen molar-refractivity contribution >= 4 is 20.9 Å². The number of hydrogen-bond donors (Lipinski definition) is 2. The van der Waals surface area contributed by atoms with Crippen molar-refractivity contribution in [2.75, 3.05) is 39.4 Å². The molecule has 3 rings (SSSR count). The molecule has 2 N–H and O–H groups in total. The first kappa shape index (κ1) is 14.5. The predicted octanol–water partition coefficient (Wildman–Crippen LogP) is 0.778. The number of nitrogens with zero attached hydrogens (tertiary/aromatic N) is 1. The predicted molar refractivity (Wildman–Crippen MR) is 80.7 cm³/mol. The second-order valence-corrected chi connectivity index (χ2v) is 6.85. The topological polar surface area (TPSA) is 74.4 Å². The maximum Gasteiger partial charge on any atom is 0.240 e. The smallest absolute Gasteiger partial charge is 0.240 e. The van der Waals surface area contributed by atoms with Crippen molar-refractivity contribution in [3.05, 3.63) is 30.5 Å². The highest BCUT2D eigenvalue weighted by Crippen LogP contribution is 2.17. The van der Waals surface area contributed by atoms with Crippen molar-refractivity contribution in [2.45, 2.75) is 4.90 Å². The van der Waals surface area contributed by atoms with E-state index in [1.165, 1.54) is 0 Å². The molecule has 114 valence electrons. The zero-order valence-corrected chi connectivity index (χ0v) is 12.5. The number of aromatic nitrogens is 1. The van der Waals surface area contributed by atoms with Crippen LogP contribution in [0.1, 0.15) is 0 Å². The van der Waals surface area contributed by atoms with Gasteiger partial charge in [-0.05, 0) is 23.6 Å². The van der Waals surface area contributed by atoms with Gasteiger partial charge in [-0.2, -0.15) is 0 Å². The fourth-order valence-corrected chi connectivity index (χ4v) is 3.49. The molecule has 1 fully saturated rings. The summed E-state index contributed by atoms with van der Waals surface area (Å²) in [4.78, 5) is 5.51. The number of rotatable bonds is 5. The van der Waals surface area contributed by atoms with Crippen LogP contribution < -0.4 is 4.72 Å². The molecule has 2 heterocycles. The third kappa shape index (κ3) is 3.44. The highest BCUT2D eigenvalue weighted by Gasteiger charge is 2.16. The Kier molecular flexibility index (Phi) is 4.25. The average molecular weight is 309 g/mol. The normalized spacial score (nSPS) is 17.3. The molecule has 1 aromatic carbocycles. The first-order valence-corrected chi connectivity index (χ1v) is 8.50. The summed E-state index contributed by atoms with van der Waals surface area (Å²) in [6, 6.07) is 7.01. The molecule has 6 nitrogen and oxygen atoms in total. The van der Waals surface area contributed by atoms with E-state index in [1.54, 1.807) is 18.3 Å². The van der Waals surface area contributed by atoms with Gasteiger partial charge in [0.1, 0.15) is 0 Å². The van der Waals surface area contributed by atoms with Crippen molar-refractivity contribution in [1.29, 1.82) is 0 Å². The van der Waals surface area contributed by atoms with Gasteiger partial charge in [-0.15, -0.1) is 0 Å². The van der Waals surface area contributed by atoms with E-state index < -0.39 is 10.0 Å². The number of nitrogens with one attached hydrogen (secondary N) is 2. The number of aromatic amines is 1. The molecule has 0 amide bonds. The Bertz CT molecular complexity index is 705. The highest BCUT2D eigenvalue weighted by molar-refractivity contribution is 7.89. The Morgan fingerprint density at radius 2 is 2.05 bits per heavy atom. The molecule has 7 heteroatoms. The molecule has 0 radical (unpaired) electrons. The number of H-pyrrole nitrogens is 1. The van der Waals surface area contributed by atoms with Crippen molar-refractivity contribution < 1.29 is 13.2 Å². The minimum absolute atomic E-state index is 0.291. The molecule has 21 heavy (non-hydrogen) atoms. The van der Waals surface area contributed by atoms with Crippen LogP contribution in [0.4, 0.5) is 0 Å². The van der Waals surface area contributed by atoms with Crippen molar-refractivity contribution in [2.24, 2.45) is 0 Å². The fourth-order valence-electron chi connectivity index (χ4n) is 2.44. The molecule has 0 unspecified atom stereocenters. The maximum atomic E-state index is 12.3. The molecule has 0 saturated carbocycles. The van der Waals surface area contributed by atoms with Crippen LogP contribution in [0.5, 0.6) is 0 Å². The summed E-state index contributed by atoms with van der Waals surface area (Å²) >= 11 is 0. The van der Waals surface area contributed by atoms with Crippen LogP contribution in [0, 0.1) is 0 Å². The summed E-state index contributed by atoms with van der Waals surface area (Å²) in [7, 11) is -3.46. The first-order chi connectivity index (χ1) is 10.1. The van der Waals surface area contributed by atoms with E-state index in [4.69, 9.17) is 4.74 Å². The van der Waals surface area contributed by atoms with E-state index in [9.17, 15) is 8.42 Å². The molecule has 0 spiro atoms. The van der Waals surface area contributed by atoms with E-state index in [2.05, 4.69) is 14.6 Å². The van der Waals surface area contributed by atoms with Crippen LogP contribution in [0.2, 0.25) is 0 Å². The van der Waals surface area contributed by atoms with Gasteiger partial charge >= 0.3 is 0 Å². The molecule has 2 aromatic rings. The molecule has 1 saturated heterocycles. The number of ether oxygens (including phenoxy) is 1. The number of hydrogen-bond acceptors (Lipinski definition) is 4. The third-order valence-electron chi connectivity index (χ3n) is 3.66. The molecular weight excluding hydrogens is 290 g/mol. The summed E-state index contributed by atoms with van der Waals surface area (Å²) in [6.45, 7) is 4.26. The van der Waals surface area contributed by atoms with Gasteiger partial charge < -0.3 is 9.72 Å². The quantitative estimate of drug-likeness (QED) is 0.856. The second kappa shape index (κ2) is 6.15. The minimum atomic E-state index is -3.46. The minimum Gasteiger partial charge on any atom is -0.379 e. The average Bonchev–Trinajstić information content (AvgIpc) is 2.95. The van der Waals surface area contributed by atoms with E-state index in [-0.39, 0.29) is 0 Å². The molecule has 0 aliphatic carbocycles. The van der Waals surface area contributed by atoms with Crippen LogP contribution in [-0.4, -0.2) is 57.7 Å². The monoisotopic (exact) mass is 309 g/mol. The number of benzene rings is 1. The number of sulfonamides is 1. The van der Waals surface area contributed by atoms with Gasteiger partial charge in [0, 0.05) is 37.9 Å². The van der Waals surface area contributed by atoms with E-state index in [1.807, 2.05) is 12.1 Å². The van der Waals surface area contributed by atoms with E-state index >= 15 is 0 Å². The Morgan fingerprint density at radius 1 is 1.24 bits per heavy atom. The highest BCUT2D eigenvalue weighted by atomic mass is 32.2. The summed E-state index contributed by atoms with van der Waals surface area (Å²) in [5.74, 6) is 0. The standard InChI is InChI=1S/C14H19N3O3S/c18-21(19,16-5-6-17-7-9-20-10-8-17)13-2-1-12-3-4-15-14(12)11-13/h1-4,11,15-16H,5-10H2. The van der Waals surface area contributed by atoms with E-state index in [0.29, 0.717) is 18.0 Å². The molecule has 0 atom stereocenters. The molecule has 1 aromatic heterocycles. The van der Waals surface area contributed by atoms with Crippen molar-refractivity contribution in [3.63, 3.8) is 0 Å². The molecule has 0 bridgehead atoms. The van der Waals surface area contributed by atoms with Gasteiger partial charge in [0.2, 0.25) is 10.0 Å². The molecule has 1 aliphatic rings. The van der Waals surface area contributed by atoms with E-state index in [0.717, 1.165) is 37.2 Å². The molecular formula is C14H19N3O3S. The third-order valence-corrected chi connectivity index (χ3v) is 5.12. The van der Waals surface area contributed by atoms with Gasteiger partial charge in [-0.1, -0.05) is 6.07 Å². The van der Waals surface area contributed by atoms with Crippen LogP contribution in [-0.2, 0) is 14.8 Å². The van der Waals surface area contributed by atoms with Crippen LogP contribution in [0.15, 0.2) is 35.4 Å². The lowest BCUT2D eigenvalue weighted by Gasteiger charge is -2.26. The van der Waals surface area contributed by atoms with Crippen molar-refractivity contribution in [3.8, 4) is 0 Å². The lowest BCUT2D eigenvalue weighted by Crippen LogP contribution is -2.41. The Hall–Kier alpha value is -1.41. The Labute approximate surface area is 124 Å². The van der Waals surface area contributed by atoms with Gasteiger partial charge in [0.15, 0.2) is 0 Å². The van der Waals surface area contributed by atoms with Crippen LogP contribution in [0.25, 0.3) is 10.9 Å².